The number of nitrogen functional groups attached to an aromatic ring is 1. The van der Waals surface area contributed by atoms with Crippen LogP contribution in [0.15, 0.2) is 12.1 Å². The largest absolute Gasteiger partial charge is 0.465 e. The average molecular weight is 298 g/mol. The average Bonchev–Trinajstić information content (AvgIpc) is 2.43. The predicted octanol–water partition coefficient (Wildman–Crippen LogP) is 0.588. The van der Waals surface area contributed by atoms with Crippen molar-refractivity contribution < 1.29 is 19.2 Å². The number of carbonyl (C=O) groups excluding carboxylic acids is 1. The van der Waals surface area contributed by atoms with Gasteiger partial charge in [-0.3, -0.25) is 14.9 Å². The quantitative estimate of drug-likeness (QED) is 0.420. The Labute approximate surface area is 121 Å². The van der Waals surface area contributed by atoms with E-state index in [4.69, 9.17) is 15.2 Å². The van der Waals surface area contributed by atoms with Crippen molar-refractivity contribution in [3.05, 3.63) is 22.2 Å². The summed E-state index contributed by atoms with van der Waals surface area (Å²) in [6.07, 6.45) is 0. The molecule has 0 amide bonds. The van der Waals surface area contributed by atoms with Gasteiger partial charge in [0.1, 0.15) is 12.4 Å². The molecule has 0 aromatic carbocycles. The van der Waals surface area contributed by atoms with Gasteiger partial charge in [0.15, 0.2) is 0 Å². The number of aromatic nitrogens is 1. The van der Waals surface area contributed by atoms with Gasteiger partial charge in [0.25, 0.3) is 0 Å². The molecule has 0 aliphatic carbocycles. The van der Waals surface area contributed by atoms with E-state index in [1.165, 1.54) is 19.2 Å². The Kier molecular flexibility index (Phi) is 6.34. The molecule has 0 atom stereocenters. The Morgan fingerprint density at radius 1 is 1.52 bits per heavy atom. The summed E-state index contributed by atoms with van der Waals surface area (Å²) in [6, 6.07) is 2.69. The zero-order valence-corrected chi connectivity index (χ0v) is 11.9. The highest BCUT2D eigenvalue weighted by molar-refractivity contribution is 5.75. The van der Waals surface area contributed by atoms with E-state index in [-0.39, 0.29) is 24.7 Å². The second-order valence-corrected chi connectivity index (χ2v) is 4.05. The number of ether oxygens (including phenoxy) is 2. The van der Waals surface area contributed by atoms with E-state index in [0.29, 0.717) is 19.0 Å². The van der Waals surface area contributed by atoms with Crippen molar-refractivity contribution in [3.8, 4) is 0 Å². The first-order valence-corrected chi connectivity index (χ1v) is 6.30. The third-order valence-corrected chi connectivity index (χ3v) is 2.60. The minimum atomic E-state index is -0.614. The zero-order chi connectivity index (χ0) is 15.8. The molecule has 2 N–H and O–H groups in total. The van der Waals surface area contributed by atoms with Crippen LogP contribution in [0.4, 0.5) is 17.3 Å². The summed E-state index contributed by atoms with van der Waals surface area (Å²) in [5.74, 6) is -0.278. The number of carbonyl (C=O) groups is 1. The maximum absolute atomic E-state index is 11.6. The molecule has 0 bridgehead atoms. The zero-order valence-electron chi connectivity index (χ0n) is 11.9. The van der Waals surface area contributed by atoms with Crippen LogP contribution in [0.3, 0.4) is 0 Å². The second-order valence-electron chi connectivity index (χ2n) is 4.05. The van der Waals surface area contributed by atoms with Crippen LogP contribution < -0.4 is 10.6 Å². The van der Waals surface area contributed by atoms with E-state index >= 15 is 0 Å². The maximum Gasteiger partial charge on any atom is 0.325 e. The third-order valence-electron chi connectivity index (χ3n) is 2.60. The minimum absolute atomic E-state index is 0.0402. The van der Waals surface area contributed by atoms with E-state index < -0.39 is 10.9 Å². The SMILES string of the molecule is CCOC(=O)CN(CCOC)c1ccc([N+](=O)[O-])c(N)n1. The first kappa shape index (κ1) is 16.6. The van der Waals surface area contributed by atoms with E-state index in [9.17, 15) is 14.9 Å². The Morgan fingerprint density at radius 3 is 2.76 bits per heavy atom. The summed E-state index contributed by atoms with van der Waals surface area (Å²) < 4.78 is 9.84. The number of pyridine rings is 1. The summed E-state index contributed by atoms with van der Waals surface area (Å²) in [7, 11) is 1.53. The van der Waals surface area contributed by atoms with Crippen LogP contribution >= 0.6 is 0 Å². The van der Waals surface area contributed by atoms with Crippen LogP contribution in [0.1, 0.15) is 6.92 Å². The van der Waals surface area contributed by atoms with Gasteiger partial charge in [-0.1, -0.05) is 0 Å². The maximum atomic E-state index is 11.6. The fourth-order valence-corrected chi connectivity index (χ4v) is 1.63. The van der Waals surface area contributed by atoms with Gasteiger partial charge >= 0.3 is 11.7 Å². The van der Waals surface area contributed by atoms with E-state index in [2.05, 4.69) is 4.98 Å². The van der Waals surface area contributed by atoms with Crippen molar-refractivity contribution in [3.63, 3.8) is 0 Å². The van der Waals surface area contributed by atoms with Crippen molar-refractivity contribution in [2.75, 3.05) is 44.0 Å². The molecule has 9 heteroatoms. The number of hydrogen-bond acceptors (Lipinski definition) is 8. The van der Waals surface area contributed by atoms with Gasteiger partial charge in [0.05, 0.1) is 18.1 Å². The molecule has 0 radical (unpaired) electrons. The summed E-state index contributed by atoms with van der Waals surface area (Å²) in [6.45, 7) is 2.67. The molecule has 0 aliphatic heterocycles. The van der Waals surface area contributed by atoms with Gasteiger partial charge < -0.3 is 20.1 Å². The lowest BCUT2D eigenvalue weighted by atomic mass is 10.3. The fraction of sp³-hybridized carbons (Fsp3) is 0.500. The van der Waals surface area contributed by atoms with Crippen molar-refractivity contribution in [2.24, 2.45) is 0 Å². The first-order valence-electron chi connectivity index (χ1n) is 6.30. The van der Waals surface area contributed by atoms with Crippen molar-refractivity contribution >= 4 is 23.3 Å². The fourth-order valence-electron chi connectivity index (χ4n) is 1.63. The molecule has 1 aromatic heterocycles. The second kappa shape index (κ2) is 8.00. The number of nitro groups is 1. The van der Waals surface area contributed by atoms with Crippen LogP contribution in [0, 0.1) is 10.1 Å². The van der Waals surface area contributed by atoms with Crippen LogP contribution in [0.2, 0.25) is 0 Å². The molecule has 0 fully saturated rings. The Bertz CT molecular complexity index is 508. The van der Waals surface area contributed by atoms with Crippen molar-refractivity contribution in [2.45, 2.75) is 6.92 Å². The molecule has 9 nitrogen and oxygen atoms in total. The van der Waals surface area contributed by atoms with Crippen LogP contribution in [0.5, 0.6) is 0 Å². The summed E-state index contributed by atoms with van der Waals surface area (Å²) in [5.41, 5.74) is 5.28. The van der Waals surface area contributed by atoms with Gasteiger partial charge in [-0.2, -0.15) is 0 Å². The van der Waals surface area contributed by atoms with Gasteiger partial charge in [-0.05, 0) is 13.0 Å². The highest BCUT2D eigenvalue weighted by Gasteiger charge is 2.18. The molecular formula is C12H18N4O5. The van der Waals surface area contributed by atoms with Gasteiger partial charge in [0, 0.05) is 19.7 Å². The molecular weight excluding hydrogens is 280 g/mol. The number of anilines is 2. The van der Waals surface area contributed by atoms with E-state index in [0.717, 1.165) is 0 Å². The van der Waals surface area contributed by atoms with Gasteiger partial charge in [-0.15, -0.1) is 0 Å². The van der Waals surface area contributed by atoms with Gasteiger partial charge in [-0.25, -0.2) is 4.98 Å². The Hall–Kier alpha value is -2.42. The van der Waals surface area contributed by atoms with E-state index in [1.54, 1.807) is 11.8 Å². The molecule has 21 heavy (non-hydrogen) atoms. The molecule has 0 saturated heterocycles. The lowest BCUT2D eigenvalue weighted by Gasteiger charge is -2.22. The molecule has 0 saturated carbocycles. The Balaban J connectivity index is 2.94. The number of hydrogen-bond donors (Lipinski definition) is 1. The number of rotatable bonds is 8. The monoisotopic (exact) mass is 298 g/mol. The minimum Gasteiger partial charge on any atom is -0.465 e. The van der Waals surface area contributed by atoms with Crippen LogP contribution in [-0.4, -0.2) is 49.3 Å². The topological polar surface area (TPSA) is 121 Å². The predicted molar refractivity (Wildman–Crippen MR) is 76.0 cm³/mol. The van der Waals surface area contributed by atoms with Crippen LogP contribution in [-0.2, 0) is 14.3 Å². The number of nitrogens with two attached hydrogens (primary N) is 1. The van der Waals surface area contributed by atoms with Gasteiger partial charge in [0.2, 0.25) is 5.82 Å². The summed E-state index contributed by atoms with van der Waals surface area (Å²) >= 11 is 0. The smallest absolute Gasteiger partial charge is 0.325 e. The molecule has 0 aliphatic rings. The lowest BCUT2D eigenvalue weighted by molar-refractivity contribution is -0.384. The molecule has 1 rings (SSSR count). The number of nitrogens with zero attached hydrogens (tertiary/aromatic N) is 3. The molecule has 116 valence electrons. The summed E-state index contributed by atoms with van der Waals surface area (Å²) in [4.78, 5) is 27.2. The third kappa shape index (κ3) is 4.88. The van der Waals surface area contributed by atoms with Crippen molar-refractivity contribution in [1.82, 2.24) is 4.98 Å². The summed E-state index contributed by atoms with van der Waals surface area (Å²) in [5, 5.41) is 10.7. The molecule has 1 aromatic rings. The highest BCUT2D eigenvalue weighted by Crippen LogP contribution is 2.22. The normalized spacial score (nSPS) is 10.2. The molecule has 0 spiro atoms. The highest BCUT2D eigenvalue weighted by atomic mass is 16.6. The molecule has 0 unspecified atom stereocenters. The first-order chi connectivity index (χ1) is 9.99. The van der Waals surface area contributed by atoms with E-state index in [1.807, 2.05) is 0 Å². The Morgan fingerprint density at radius 2 is 2.24 bits per heavy atom. The lowest BCUT2D eigenvalue weighted by Crippen LogP contribution is -2.34. The van der Waals surface area contributed by atoms with Crippen molar-refractivity contribution in [1.29, 1.82) is 0 Å². The number of esters is 1. The standard InChI is InChI=1S/C12H18N4O5/c1-3-21-11(17)8-15(6-7-20-2)10-5-4-9(16(18)19)12(13)14-10/h4-5H,3,6-8H2,1-2H3,(H2,13,14). The number of methoxy groups -OCH3 is 1. The van der Waals surface area contributed by atoms with Crippen LogP contribution in [0.25, 0.3) is 0 Å². The molecule has 1 heterocycles.